The Hall–Kier alpha value is -1.86. The molecule has 144 valence electrons. The first-order chi connectivity index (χ1) is 12.6. The van der Waals surface area contributed by atoms with Crippen molar-refractivity contribution < 1.29 is 14.0 Å². The molecule has 7 heteroatoms. The van der Waals surface area contributed by atoms with Crippen molar-refractivity contribution in [2.75, 3.05) is 11.1 Å². The Morgan fingerprint density at radius 3 is 2.67 bits per heavy atom. The Balaban J connectivity index is 1.76. The number of rotatable bonds is 3. The van der Waals surface area contributed by atoms with E-state index < -0.39 is 5.41 Å². The van der Waals surface area contributed by atoms with Crippen molar-refractivity contribution in [3.05, 3.63) is 46.1 Å². The van der Waals surface area contributed by atoms with E-state index in [1.54, 1.807) is 17.8 Å². The number of thiophene rings is 1. The van der Waals surface area contributed by atoms with Crippen LogP contribution in [0.15, 0.2) is 29.2 Å². The summed E-state index contributed by atoms with van der Waals surface area (Å²) in [6, 6.07) is 6.32. The lowest BCUT2D eigenvalue weighted by atomic mass is 9.96. The summed E-state index contributed by atoms with van der Waals surface area (Å²) in [6.07, 6.45) is 0.755. The average molecular weight is 407 g/mol. The Bertz CT molecular complexity index is 887. The fourth-order valence-electron chi connectivity index (χ4n) is 2.81. The van der Waals surface area contributed by atoms with Gasteiger partial charge < -0.3 is 10.6 Å². The molecule has 1 aliphatic rings. The molecule has 2 amide bonds. The van der Waals surface area contributed by atoms with E-state index in [1.165, 1.54) is 23.5 Å². The molecule has 0 saturated heterocycles. The summed E-state index contributed by atoms with van der Waals surface area (Å²) in [5.74, 6) is 0.292. The first kappa shape index (κ1) is 19.9. The zero-order valence-corrected chi connectivity index (χ0v) is 17.4. The molecule has 3 rings (SSSR count). The van der Waals surface area contributed by atoms with Crippen LogP contribution in [-0.4, -0.2) is 17.6 Å². The molecule has 0 aliphatic carbocycles. The number of fused-ring (bicyclic) bond motifs is 1. The quantitative estimate of drug-likeness (QED) is 0.741. The van der Waals surface area contributed by atoms with E-state index in [9.17, 15) is 14.0 Å². The fraction of sp³-hybridized carbons (Fsp3) is 0.400. The number of amides is 2. The van der Waals surface area contributed by atoms with Gasteiger partial charge in [-0.1, -0.05) is 20.8 Å². The van der Waals surface area contributed by atoms with Gasteiger partial charge in [0.1, 0.15) is 5.82 Å². The summed E-state index contributed by atoms with van der Waals surface area (Å²) >= 11 is 2.94. The molecule has 0 spiro atoms. The number of carbonyl (C=O) groups is 2. The van der Waals surface area contributed by atoms with Crippen molar-refractivity contribution in [3.8, 4) is 0 Å². The molecular formula is C20H23FN2O2S2. The third kappa shape index (κ3) is 4.52. The summed E-state index contributed by atoms with van der Waals surface area (Å²) in [6.45, 7) is 7.37. The molecular weight excluding hydrogens is 383 g/mol. The van der Waals surface area contributed by atoms with Gasteiger partial charge in [0.25, 0.3) is 5.91 Å². The molecule has 2 heterocycles. The molecule has 2 aromatic rings. The van der Waals surface area contributed by atoms with E-state index in [0.717, 1.165) is 28.2 Å². The van der Waals surface area contributed by atoms with Gasteiger partial charge in [-0.2, -0.15) is 0 Å². The first-order valence-corrected chi connectivity index (χ1v) is 10.6. The lowest BCUT2D eigenvalue weighted by Crippen LogP contribution is -2.30. The molecule has 0 saturated carbocycles. The number of nitrogens with one attached hydrogen (secondary N) is 2. The van der Waals surface area contributed by atoms with E-state index in [1.807, 2.05) is 33.8 Å². The highest BCUT2D eigenvalue weighted by atomic mass is 32.2. The summed E-state index contributed by atoms with van der Waals surface area (Å²) in [7, 11) is 0. The maximum atomic E-state index is 13.7. The number of thioether (sulfide) groups is 1. The predicted molar refractivity (Wildman–Crippen MR) is 109 cm³/mol. The molecule has 27 heavy (non-hydrogen) atoms. The van der Waals surface area contributed by atoms with Gasteiger partial charge >= 0.3 is 0 Å². The highest BCUT2D eigenvalue weighted by molar-refractivity contribution is 7.99. The van der Waals surface area contributed by atoms with E-state index in [2.05, 4.69) is 10.6 Å². The van der Waals surface area contributed by atoms with Gasteiger partial charge in [0, 0.05) is 16.1 Å². The minimum absolute atomic E-state index is 0.0931. The van der Waals surface area contributed by atoms with Crippen molar-refractivity contribution in [1.82, 2.24) is 5.32 Å². The topological polar surface area (TPSA) is 58.2 Å². The van der Waals surface area contributed by atoms with Crippen molar-refractivity contribution in [3.63, 3.8) is 0 Å². The van der Waals surface area contributed by atoms with Crippen LogP contribution in [0.5, 0.6) is 0 Å². The van der Waals surface area contributed by atoms with Crippen LogP contribution < -0.4 is 10.6 Å². The SMILES string of the molecule is Cc1cc(NC(=O)C(C)(C)C)sc1C(=O)NC1CCSc2ccc(F)cc21. The second-order valence-electron chi connectivity index (χ2n) is 7.67. The van der Waals surface area contributed by atoms with E-state index in [4.69, 9.17) is 0 Å². The Morgan fingerprint density at radius 1 is 1.22 bits per heavy atom. The monoisotopic (exact) mass is 406 g/mol. The number of halogens is 1. The zero-order valence-electron chi connectivity index (χ0n) is 15.8. The van der Waals surface area contributed by atoms with Crippen LogP contribution in [0.4, 0.5) is 9.39 Å². The standard InChI is InChI=1S/C20H23FN2O2S2/c1-11-9-16(23-19(25)20(2,3)4)27-17(11)18(24)22-14-7-8-26-15-6-5-12(21)10-13(14)15/h5-6,9-10,14H,7-8H2,1-4H3,(H,22,24)(H,23,25). The predicted octanol–water partition coefficient (Wildman–Crippen LogP) is 5.15. The normalized spacial score (nSPS) is 16.6. The van der Waals surface area contributed by atoms with E-state index in [-0.39, 0.29) is 23.7 Å². The highest BCUT2D eigenvalue weighted by Gasteiger charge is 2.26. The Morgan fingerprint density at radius 2 is 1.96 bits per heavy atom. The van der Waals surface area contributed by atoms with Crippen molar-refractivity contribution in [2.24, 2.45) is 5.41 Å². The molecule has 1 aromatic heterocycles. The fourth-order valence-corrected chi connectivity index (χ4v) is 4.88. The van der Waals surface area contributed by atoms with Gasteiger partial charge in [0.15, 0.2) is 0 Å². The minimum Gasteiger partial charge on any atom is -0.344 e. The molecule has 1 aliphatic heterocycles. The number of hydrogen-bond acceptors (Lipinski definition) is 4. The second-order valence-corrected chi connectivity index (χ2v) is 9.86. The molecule has 0 radical (unpaired) electrons. The van der Waals surface area contributed by atoms with Crippen LogP contribution in [-0.2, 0) is 4.79 Å². The van der Waals surface area contributed by atoms with Gasteiger partial charge in [-0.25, -0.2) is 4.39 Å². The molecule has 4 nitrogen and oxygen atoms in total. The first-order valence-electron chi connectivity index (χ1n) is 8.80. The number of hydrogen-bond donors (Lipinski definition) is 2. The second kappa shape index (κ2) is 7.64. The molecule has 2 N–H and O–H groups in total. The molecule has 1 atom stereocenters. The van der Waals surface area contributed by atoms with Crippen molar-refractivity contribution in [2.45, 2.75) is 45.1 Å². The van der Waals surface area contributed by atoms with Gasteiger partial charge in [0.2, 0.25) is 5.91 Å². The lowest BCUT2D eigenvalue weighted by molar-refractivity contribution is -0.123. The molecule has 1 aromatic carbocycles. The zero-order chi connectivity index (χ0) is 19.8. The maximum Gasteiger partial charge on any atom is 0.262 e. The van der Waals surface area contributed by atoms with Crippen molar-refractivity contribution >= 4 is 39.9 Å². The van der Waals surface area contributed by atoms with Crippen LogP contribution in [0.1, 0.15) is 54.0 Å². The smallest absolute Gasteiger partial charge is 0.262 e. The third-order valence-electron chi connectivity index (χ3n) is 4.36. The van der Waals surface area contributed by atoms with E-state index in [0.29, 0.717) is 9.88 Å². The van der Waals surface area contributed by atoms with Gasteiger partial charge in [-0.15, -0.1) is 23.1 Å². The highest BCUT2D eigenvalue weighted by Crippen LogP contribution is 2.37. The van der Waals surface area contributed by atoms with Crippen LogP contribution in [0, 0.1) is 18.2 Å². The van der Waals surface area contributed by atoms with E-state index >= 15 is 0 Å². The summed E-state index contributed by atoms with van der Waals surface area (Å²) in [5.41, 5.74) is 1.13. The minimum atomic E-state index is -0.506. The Kier molecular flexibility index (Phi) is 5.63. The number of carbonyl (C=O) groups excluding carboxylic acids is 2. The van der Waals surface area contributed by atoms with Gasteiger partial charge in [0.05, 0.1) is 15.9 Å². The lowest BCUT2D eigenvalue weighted by Gasteiger charge is -2.26. The maximum absolute atomic E-state index is 13.7. The third-order valence-corrected chi connectivity index (χ3v) is 6.63. The number of benzene rings is 1. The largest absolute Gasteiger partial charge is 0.344 e. The van der Waals surface area contributed by atoms with Gasteiger partial charge in [-0.05, 0) is 48.7 Å². The molecule has 0 fully saturated rings. The summed E-state index contributed by atoms with van der Waals surface area (Å²) in [4.78, 5) is 26.6. The number of anilines is 1. The van der Waals surface area contributed by atoms with Crippen LogP contribution >= 0.6 is 23.1 Å². The van der Waals surface area contributed by atoms with Crippen molar-refractivity contribution in [1.29, 1.82) is 0 Å². The Labute approximate surface area is 166 Å². The average Bonchev–Trinajstić information content (AvgIpc) is 2.95. The summed E-state index contributed by atoms with van der Waals surface area (Å²) < 4.78 is 13.7. The van der Waals surface area contributed by atoms with Crippen LogP contribution in [0.25, 0.3) is 0 Å². The van der Waals surface area contributed by atoms with Crippen LogP contribution in [0.3, 0.4) is 0 Å². The summed E-state index contributed by atoms with van der Waals surface area (Å²) in [5, 5.41) is 6.56. The molecule has 1 unspecified atom stereocenters. The van der Waals surface area contributed by atoms with Crippen LogP contribution in [0.2, 0.25) is 0 Å². The number of aryl methyl sites for hydroxylation is 1. The van der Waals surface area contributed by atoms with Gasteiger partial charge in [-0.3, -0.25) is 9.59 Å². The molecule has 0 bridgehead atoms.